The van der Waals surface area contributed by atoms with Gasteiger partial charge in [0.2, 0.25) is 0 Å². The van der Waals surface area contributed by atoms with Crippen molar-refractivity contribution in [3.05, 3.63) is 29.6 Å². The van der Waals surface area contributed by atoms with Gasteiger partial charge in [-0.1, -0.05) is 0 Å². The molecule has 2 aromatic rings. The van der Waals surface area contributed by atoms with Crippen molar-refractivity contribution >= 4 is 0 Å². The molecule has 0 radical (unpaired) electrons. The van der Waals surface area contributed by atoms with Crippen LogP contribution in [0.4, 0.5) is 0 Å². The van der Waals surface area contributed by atoms with E-state index >= 15 is 0 Å². The first-order chi connectivity index (χ1) is 7.69. The second-order valence-corrected chi connectivity index (χ2v) is 3.79. The van der Waals surface area contributed by atoms with E-state index in [4.69, 9.17) is 0 Å². The molecule has 2 heterocycles. The second kappa shape index (κ2) is 4.44. The van der Waals surface area contributed by atoms with Crippen molar-refractivity contribution in [3.63, 3.8) is 0 Å². The monoisotopic (exact) mass is 220 g/mol. The molecule has 0 amide bonds. The maximum absolute atomic E-state index is 4.35. The van der Waals surface area contributed by atoms with Crippen molar-refractivity contribution in [1.82, 2.24) is 29.9 Å². The Labute approximate surface area is 94.3 Å². The van der Waals surface area contributed by atoms with E-state index in [-0.39, 0.29) is 0 Å². The molecule has 0 unspecified atom stereocenters. The van der Waals surface area contributed by atoms with Crippen molar-refractivity contribution in [3.8, 4) is 0 Å². The fraction of sp³-hybridized carbons (Fsp3) is 0.500. The highest BCUT2D eigenvalue weighted by Gasteiger charge is 2.05. The van der Waals surface area contributed by atoms with Gasteiger partial charge in [-0.25, -0.2) is 9.67 Å². The van der Waals surface area contributed by atoms with Crippen LogP contribution in [-0.4, -0.2) is 31.6 Å². The van der Waals surface area contributed by atoms with Gasteiger partial charge in [-0.05, 0) is 20.0 Å². The van der Waals surface area contributed by atoms with E-state index in [1.54, 1.807) is 6.33 Å². The fourth-order valence-electron chi connectivity index (χ4n) is 1.63. The third-order valence-corrected chi connectivity index (χ3v) is 2.34. The Kier molecular flexibility index (Phi) is 3.00. The van der Waals surface area contributed by atoms with E-state index in [9.17, 15) is 0 Å². The smallest absolute Gasteiger partial charge is 0.164 e. The largest absolute Gasteiger partial charge is 0.313 e. The van der Waals surface area contributed by atoms with Crippen LogP contribution in [0, 0.1) is 6.92 Å². The zero-order valence-corrected chi connectivity index (χ0v) is 9.80. The lowest BCUT2D eigenvalue weighted by Gasteiger charge is -2.00. The van der Waals surface area contributed by atoms with Gasteiger partial charge >= 0.3 is 0 Å². The van der Waals surface area contributed by atoms with Gasteiger partial charge in [0.1, 0.15) is 6.33 Å². The van der Waals surface area contributed by atoms with Crippen LogP contribution in [0.2, 0.25) is 0 Å². The van der Waals surface area contributed by atoms with Crippen molar-refractivity contribution in [1.29, 1.82) is 0 Å². The summed E-state index contributed by atoms with van der Waals surface area (Å²) in [6.45, 7) is 3.38. The third kappa shape index (κ3) is 2.27. The lowest BCUT2D eigenvalue weighted by atomic mass is 10.4. The van der Waals surface area contributed by atoms with Crippen LogP contribution >= 0.6 is 0 Å². The summed E-state index contributed by atoms with van der Waals surface area (Å²) < 4.78 is 3.69. The average Bonchev–Trinajstić information content (AvgIpc) is 2.76. The van der Waals surface area contributed by atoms with Gasteiger partial charge in [-0.2, -0.15) is 10.2 Å². The summed E-state index contributed by atoms with van der Waals surface area (Å²) in [6, 6.07) is 2.05. The van der Waals surface area contributed by atoms with Crippen LogP contribution in [0.3, 0.4) is 0 Å². The summed E-state index contributed by atoms with van der Waals surface area (Å²) in [4.78, 5) is 4.20. The molecule has 0 bridgehead atoms. The number of rotatable bonds is 4. The predicted octanol–water partition coefficient (Wildman–Crippen LogP) is 0.0877. The number of hydrogen-bond acceptors (Lipinski definition) is 4. The summed E-state index contributed by atoms with van der Waals surface area (Å²) >= 11 is 0. The first kappa shape index (κ1) is 10.8. The van der Waals surface area contributed by atoms with E-state index in [0.29, 0.717) is 13.1 Å². The number of aromatic nitrogens is 5. The zero-order chi connectivity index (χ0) is 11.5. The maximum atomic E-state index is 4.35. The van der Waals surface area contributed by atoms with Gasteiger partial charge in [-0.3, -0.25) is 4.68 Å². The Morgan fingerprint density at radius 3 is 2.81 bits per heavy atom. The molecule has 16 heavy (non-hydrogen) atoms. The molecule has 0 aliphatic heterocycles. The van der Waals surface area contributed by atoms with Crippen LogP contribution in [0.15, 0.2) is 12.4 Å². The Morgan fingerprint density at radius 2 is 2.19 bits per heavy atom. The van der Waals surface area contributed by atoms with Gasteiger partial charge in [0.05, 0.1) is 24.5 Å². The summed E-state index contributed by atoms with van der Waals surface area (Å²) in [5, 5.41) is 11.7. The highest BCUT2D eigenvalue weighted by atomic mass is 15.4. The normalized spacial score (nSPS) is 10.9. The SMILES string of the molecule is CNCc1ncn(Cc2cc(C)nn2C)n1. The molecule has 86 valence electrons. The Morgan fingerprint density at radius 1 is 1.38 bits per heavy atom. The first-order valence-electron chi connectivity index (χ1n) is 5.21. The predicted molar refractivity (Wildman–Crippen MR) is 59.8 cm³/mol. The number of nitrogens with one attached hydrogen (secondary N) is 1. The van der Waals surface area contributed by atoms with Crippen LogP contribution in [0.25, 0.3) is 0 Å². The molecule has 0 fully saturated rings. The minimum Gasteiger partial charge on any atom is -0.313 e. The summed E-state index contributed by atoms with van der Waals surface area (Å²) in [7, 11) is 3.82. The van der Waals surface area contributed by atoms with E-state index in [1.807, 2.05) is 30.4 Å². The summed E-state index contributed by atoms with van der Waals surface area (Å²) in [5.41, 5.74) is 2.14. The molecule has 0 aromatic carbocycles. The lowest BCUT2D eigenvalue weighted by Crippen LogP contribution is -2.09. The second-order valence-electron chi connectivity index (χ2n) is 3.79. The van der Waals surface area contributed by atoms with E-state index < -0.39 is 0 Å². The fourth-order valence-corrected chi connectivity index (χ4v) is 1.63. The molecule has 1 N–H and O–H groups in total. The van der Waals surface area contributed by atoms with Crippen LogP contribution < -0.4 is 5.32 Å². The lowest BCUT2D eigenvalue weighted by molar-refractivity contribution is 0.607. The molecule has 0 aliphatic rings. The van der Waals surface area contributed by atoms with Crippen molar-refractivity contribution in [2.45, 2.75) is 20.0 Å². The quantitative estimate of drug-likeness (QED) is 0.793. The average molecular weight is 220 g/mol. The topological polar surface area (TPSA) is 60.6 Å². The van der Waals surface area contributed by atoms with Crippen LogP contribution in [-0.2, 0) is 20.1 Å². The maximum Gasteiger partial charge on any atom is 0.164 e. The van der Waals surface area contributed by atoms with Gasteiger partial charge in [0, 0.05) is 7.05 Å². The molecule has 0 atom stereocenters. The van der Waals surface area contributed by atoms with Crippen molar-refractivity contribution in [2.24, 2.45) is 7.05 Å². The van der Waals surface area contributed by atoms with Gasteiger partial charge in [0.25, 0.3) is 0 Å². The van der Waals surface area contributed by atoms with Crippen molar-refractivity contribution < 1.29 is 0 Å². The minimum absolute atomic E-state index is 0.692. The number of hydrogen-bond donors (Lipinski definition) is 1. The van der Waals surface area contributed by atoms with Gasteiger partial charge in [-0.15, -0.1) is 0 Å². The first-order valence-corrected chi connectivity index (χ1v) is 5.21. The molecule has 0 saturated carbocycles. The third-order valence-electron chi connectivity index (χ3n) is 2.34. The van der Waals surface area contributed by atoms with Crippen LogP contribution in [0.1, 0.15) is 17.2 Å². The molecule has 0 saturated heterocycles. The van der Waals surface area contributed by atoms with Gasteiger partial charge in [0.15, 0.2) is 5.82 Å². The standard InChI is InChI=1S/C10H16N6/c1-8-4-9(15(3)13-8)6-16-7-12-10(14-16)5-11-2/h4,7,11H,5-6H2,1-3H3. The van der Waals surface area contributed by atoms with E-state index in [2.05, 4.69) is 26.6 Å². The molecule has 2 rings (SSSR count). The Bertz CT molecular complexity index is 469. The molecule has 2 aromatic heterocycles. The van der Waals surface area contributed by atoms with Gasteiger partial charge < -0.3 is 5.32 Å². The summed E-state index contributed by atoms with van der Waals surface area (Å²) in [6.07, 6.45) is 1.75. The number of nitrogens with zero attached hydrogens (tertiary/aromatic N) is 5. The number of aryl methyl sites for hydroxylation is 2. The zero-order valence-electron chi connectivity index (χ0n) is 9.80. The molecule has 0 spiro atoms. The molecule has 0 aliphatic carbocycles. The summed E-state index contributed by atoms with van der Waals surface area (Å²) in [5.74, 6) is 0.807. The van der Waals surface area contributed by atoms with Crippen LogP contribution in [0.5, 0.6) is 0 Å². The minimum atomic E-state index is 0.692. The van der Waals surface area contributed by atoms with E-state index in [0.717, 1.165) is 17.2 Å². The highest BCUT2D eigenvalue weighted by Crippen LogP contribution is 2.03. The molecular weight excluding hydrogens is 204 g/mol. The Balaban J connectivity index is 2.11. The molecule has 6 nitrogen and oxygen atoms in total. The van der Waals surface area contributed by atoms with Crippen molar-refractivity contribution in [2.75, 3.05) is 7.05 Å². The molecular formula is C10H16N6. The highest BCUT2D eigenvalue weighted by molar-refractivity contribution is 5.08. The molecule has 6 heteroatoms. The van der Waals surface area contributed by atoms with E-state index in [1.165, 1.54) is 0 Å². The Hall–Kier alpha value is -1.69.